The number of fused-ring (bicyclic) bond motifs is 1. The fourth-order valence-electron chi connectivity index (χ4n) is 4.28. The van der Waals surface area contributed by atoms with E-state index >= 15 is 0 Å². The molecule has 0 spiro atoms. The maximum absolute atomic E-state index is 13.2. The largest absolute Gasteiger partial charge is 0.418 e. The van der Waals surface area contributed by atoms with Crippen molar-refractivity contribution in [2.75, 3.05) is 6.26 Å². The first kappa shape index (κ1) is 24.1. The van der Waals surface area contributed by atoms with Crippen molar-refractivity contribution in [3.63, 3.8) is 0 Å². The molecule has 0 radical (unpaired) electrons. The lowest BCUT2D eigenvalue weighted by Crippen LogP contribution is -2.53. The van der Waals surface area contributed by atoms with Crippen LogP contribution in [-0.2, 0) is 17.4 Å². The Hall–Kier alpha value is -3.01. The second kappa shape index (κ2) is 10.1. The smallest absolute Gasteiger partial charge is 0.351 e. The van der Waals surface area contributed by atoms with Crippen molar-refractivity contribution in [1.82, 2.24) is 20.6 Å². The predicted octanol–water partition coefficient (Wildman–Crippen LogP) is 4.70. The molecule has 1 aromatic heterocycles. The molecular weight excluding hydrogens is 465 g/mol. The summed E-state index contributed by atoms with van der Waals surface area (Å²) in [6.45, 7) is 0. The van der Waals surface area contributed by atoms with Crippen molar-refractivity contribution in [3.05, 3.63) is 59.4 Å². The lowest BCUT2D eigenvalue weighted by molar-refractivity contribution is -0.136. The van der Waals surface area contributed by atoms with E-state index in [-0.39, 0.29) is 47.2 Å². The molecule has 2 amide bonds. The Morgan fingerprint density at radius 3 is 2.38 bits per heavy atom. The molecule has 1 saturated carbocycles. The highest BCUT2D eigenvalue weighted by Crippen LogP contribution is 2.33. The number of amides is 2. The van der Waals surface area contributed by atoms with E-state index in [4.69, 9.17) is 0 Å². The van der Waals surface area contributed by atoms with E-state index in [2.05, 4.69) is 20.6 Å². The first-order valence-electron chi connectivity index (χ1n) is 11.0. The summed E-state index contributed by atoms with van der Waals surface area (Å²) < 4.78 is 39.7. The van der Waals surface area contributed by atoms with Crippen LogP contribution in [0, 0.1) is 0 Å². The minimum absolute atomic E-state index is 0.162. The standard InChI is InChI=1S/C24H25F3N4O2S/c1-34-15-11-9-14(10-12-15)23(33)30-18-7-3-2-6-17(18)29-21(32)13-20-28-19-8-4-5-16(22(19)31-20)24(25,26)27/h4-5,8-12,17-18H,2-3,6-7,13H2,1H3,(H,28,31)(H,29,32)(H,30,33)/t17-,18-/m0/s1. The number of benzene rings is 2. The molecule has 10 heteroatoms. The number of nitrogens with one attached hydrogen (secondary N) is 3. The second-order valence-electron chi connectivity index (χ2n) is 8.33. The highest BCUT2D eigenvalue weighted by Gasteiger charge is 2.34. The number of aromatic nitrogens is 2. The monoisotopic (exact) mass is 490 g/mol. The lowest BCUT2D eigenvalue weighted by atomic mass is 9.90. The predicted molar refractivity (Wildman–Crippen MR) is 125 cm³/mol. The van der Waals surface area contributed by atoms with Gasteiger partial charge in [0.1, 0.15) is 11.3 Å². The number of halogens is 3. The minimum Gasteiger partial charge on any atom is -0.351 e. The van der Waals surface area contributed by atoms with Gasteiger partial charge in [-0.25, -0.2) is 4.98 Å². The molecule has 0 saturated heterocycles. The molecule has 0 bridgehead atoms. The fraction of sp³-hybridized carbons (Fsp3) is 0.375. The molecule has 1 heterocycles. The number of hydrogen-bond acceptors (Lipinski definition) is 4. The van der Waals surface area contributed by atoms with Crippen molar-refractivity contribution >= 4 is 34.6 Å². The molecule has 0 unspecified atom stereocenters. The van der Waals surface area contributed by atoms with Crippen LogP contribution >= 0.6 is 11.8 Å². The molecule has 2 aromatic carbocycles. The van der Waals surface area contributed by atoms with Crippen LogP contribution in [-0.4, -0.2) is 40.1 Å². The SMILES string of the molecule is CSc1ccc(C(=O)N[C@H]2CCCC[C@@H]2NC(=O)Cc2nc3c(C(F)(F)F)cccc3[nH]2)cc1. The molecule has 180 valence electrons. The van der Waals surface area contributed by atoms with E-state index in [1.54, 1.807) is 23.9 Å². The number of hydrogen-bond donors (Lipinski definition) is 3. The van der Waals surface area contributed by atoms with Gasteiger partial charge < -0.3 is 15.6 Å². The summed E-state index contributed by atoms with van der Waals surface area (Å²) in [5.41, 5.74) is -0.259. The average Bonchev–Trinajstić information content (AvgIpc) is 3.21. The van der Waals surface area contributed by atoms with Crippen LogP contribution in [0.2, 0.25) is 0 Å². The Morgan fingerprint density at radius 2 is 1.74 bits per heavy atom. The molecule has 1 fully saturated rings. The highest BCUT2D eigenvalue weighted by atomic mass is 32.2. The number of aromatic amines is 1. The van der Waals surface area contributed by atoms with Gasteiger partial charge in [0.15, 0.2) is 0 Å². The van der Waals surface area contributed by atoms with E-state index in [1.807, 2.05) is 18.4 Å². The van der Waals surface area contributed by atoms with E-state index in [0.717, 1.165) is 30.2 Å². The average molecular weight is 491 g/mol. The number of rotatable bonds is 6. The molecule has 4 rings (SSSR count). The maximum atomic E-state index is 13.2. The van der Waals surface area contributed by atoms with Crippen molar-refractivity contribution < 1.29 is 22.8 Å². The summed E-state index contributed by atoms with van der Waals surface area (Å²) in [7, 11) is 0. The highest BCUT2D eigenvalue weighted by molar-refractivity contribution is 7.98. The zero-order chi connectivity index (χ0) is 24.3. The fourth-order valence-corrected chi connectivity index (χ4v) is 4.68. The van der Waals surface area contributed by atoms with Crippen molar-refractivity contribution in [2.45, 2.75) is 55.3 Å². The quantitative estimate of drug-likeness (QED) is 0.437. The Labute approximate surface area is 199 Å². The van der Waals surface area contributed by atoms with Gasteiger partial charge in [0.25, 0.3) is 5.91 Å². The topological polar surface area (TPSA) is 86.9 Å². The Kier molecular flexibility index (Phi) is 7.16. The number of imidazole rings is 1. The Morgan fingerprint density at radius 1 is 1.06 bits per heavy atom. The number of carbonyl (C=O) groups excluding carboxylic acids is 2. The van der Waals surface area contributed by atoms with E-state index in [0.29, 0.717) is 12.0 Å². The Bertz CT molecular complexity index is 1180. The molecule has 3 aromatic rings. The van der Waals surface area contributed by atoms with Gasteiger partial charge in [-0.05, 0) is 55.5 Å². The summed E-state index contributed by atoms with van der Waals surface area (Å²) in [4.78, 5) is 33.3. The molecule has 1 aliphatic carbocycles. The minimum atomic E-state index is -4.53. The van der Waals surface area contributed by atoms with E-state index < -0.39 is 11.7 Å². The van der Waals surface area contributed by atoms with Crippen molar-refractivity contribution in [2.24, 2.45) is 0 Å². The van der Waals surface area contributed by atoms with Gasteiger partial charge in [-0.3, -0.25) is 9.59 Å². The summed E-state index contributed by atoms with van der Waals surface area (Å²) >= 11 is 1.59. The summed E-state index contributed by atoms with van der Waals surface area (Å²) in [5.74, 6) is -0.395. The van der Waals surface area contributed by atoms with Crippen molar-refractivity contribution in [1.29, 1.82) is 0 Å². The number of para-hydroxylation sites is 1. The van der Waals surface area contributed by atoms with Crippen LogP contribution in [0.4, 0.5) is 13.2 Å². The number of carbonyl (C=O) groups is 2. The van der Waals surface area contributed by atoms with Crippen LogP contribution in [0.5, 0.6) is 0 Å². The number of H-pyrrole nitrogens is 1. The number of alkyl halides is 3. The van der Waals surface area contributed by atoms with Crippen LogP contribution in [0.15, 0.2) is 47.4 Å². The van der Waals surface area contributed by atoms with Gasteiger partial charge in [-0.2, -0.15) is 13.2 Å². The lowest BCUT2D eigenvalue weighted by Gasteiger charge is -2.32. The summed E-state index contributed by atoms with van der Waals surface area (Å²) in [5, 5.41) is 5.97. The first-order valence-corrected chi connectivity index (χ1v) is 12.3. The van der Waals surface area contributed by atoms with Crippen molar-refractivity contribution in [3.8, 4) is 0 Å². The molecule has 34 heavy (non-hydrogen) atoms. The molecular formula is C24H25F3N4O2S. The van der Waals surface area contributed by atoms with Gasteiger partial charge >= 0.3 is 6.18 Å². The molecule has 6 nitrogen and oxygen atoms in total. The third-order valence-corrected chi connectivity index (χ3v) is 6.72. The third-order valence-electron chi connectivity index (χ3n) is 5.98. The van der Waals surface area contributed by atoms with Crippen LogP contribution in [0.1, 0.15) is 47.4 Å². The zero-order valence-electron chi connectivity index (χ0n) is 18.5. The second-order valence-corrected chi connectivity index (χ2v) is 9.21. The zero-order valence-corrected chi connectivity index (χ0v) is 19.4. The summed E-state index contributed by atoms with van der Waals surface area (Å²) in [6.07, 6.45) is 0.549. The maximum Gasteiger partial charge on any atom is 0.418 e. The van der Waals surface area contributed by atoms with Crippen LogP contribution in [0.3, 0.4) is 0 Å². The molecule has 1 aliphatic rings. The third kappa shape index (κ3) is 5.55. The molecule has 0 aliphatic heterocycles. The summed E-state index contributed by atoms with van der Waals surface area (Å²) in [6, 6.07) is 10.6. The molecule has 3 N–H and O–H groups in total. The number of nitrogens with zero attached hydrogens (tertiary/aromatic N) is 1. The van der Waals surface area contributed by atoms with Gasteiger partial charge in [0.05, 0.1) is 17.5 Å². The van der Waals surface area contributed by atoms with Gasteiger partial charge in [-0.15, -0.1) is 11.8 Å². The Balaban J connectivity index is 1.41. The molecule has 2 atom stereocenters. The van der Waals surface area contributed by atoms with Gasteiger partial charge in [-0.1, -0.05) is 18.9 Å². The van der Waals surface area contributed by atoms with Crippen LogP contribution in [0.25, 0.3) is 11.0 Å². The van der Waals surface area contributed by atoms with Gasteiger partial charge in [0, 0.05) is 22.5 Å². The van der Waals surface area contributed by atoms with E-state index in [9.17, 15) is 22.8 Å². The number of thioether (sulfide) groups is 1. The normalized spacial score (nSPS) is 18.6. The van der Waals surface area contributed by atoms with Crippen LogP contribution < -0.4 is 10.6 Å². The van der Waals surface area contributed by atoms with E-state index in [1.165, 1.54) is 12.1 Å². The van der Waals surface area contributed by atoms with Gasteiger partial charge in [0.2, 0.25) is 5.91 Å². The first-order chi connectivity index (χ1) is 16.2.